The van der Waals surface area contributed by atoms with Crippen LogP contribution < -0.4 is 5.73 Å². The minimum atomic E-state index is -0.0857. The number of hydrogen-bond acceptors (Lipinski definition) is 2. The lowest BCUT2D eigenvalue weighted by molar-refractivity contribution is 0.287. The second-order valence-electron chi connectivity index (χ2n) is 6.39. The van der Waals surface area contributed by atoms with E-state index in [9.17, 15) is 0 Å². The Kier molecular flexibility index (Phi) is 4.23. The fraction of sp³-hybridized carbons (Fsp3) is 0.588. The number of nitrogens with two attached hydrogens (primary N) is 1. The van der Waals surface area contributed by atoms with Crippen LogP contribution >= 0.6 is 11.6 Å². The number of aryl methyl sites for hydroxylation is 1. The number of halogens is 1. The molecule has 0 bridgehead atoms. The van der Waals surface area contributed by atoms with Gasteiger partial charge in [-0.25, -0.2) is 4.98 Å². The molecule has 1 fully saturated rings. The summed E-state index contributed by atoms with van der Waals surface area (Å²) in [6.07, 6.45) is 7.94. The predicted molar refractivity (Wildman–Crippen MR) is 88.7 cm³/mol. The second-order valence-corrected chi connectivity index (χ2v) is 6.79. The zero-order valence-electron chi connectivity index (χ0n) is 12.7. The molecule has 2 N–H and O–H groups in total. The maximum Gasteiger partial charge on any atom is 0.111 e. The number of para-hydroxylation sites is 1. The third kappa shape index (κ3) is 2.95. The van der Waals surface area contributed by atoms with Gasteiger partial charge in [0.05, 0.1) is 16.1 Å². The van der Waals surface area contributed by atoms with E-state index in [1.54, 1.807) is 0 Å². The molecular formula is C17H24ClN3. The van der Waals surface area contributed by atoms with Crippen molar-refractivity contribution in [3.63, 3.8) is 0 Å². The highest BCUT2D eigenvalue weighted by Crippen LogP contribution is 2.31. The normalized spacial score (nSPS) is 18.2. The number of rotatable bonds is 4. The Hall–Kier alpha value is -1.06. The summed E-state index contributed by atoms with van der Waals surface area (Å²) in [6.45, 7) is 3.14. The summed E-state index contributed by atoms with van der Waals surface area (Å²) >= 11 is 6.40. The number of hydrogen-bond donors (Lipinski definition) is 1. The van der Waals surface area contributed by atoms with Crippen LogP contribution in [0.1, 0.15) is 51.3 Å². The molecule has 4 heteroatoms. The van der Waals surface area contributed by atoms with Gasteiger partial charge >= 0.3 is 0 Å². The van der Waals surface area contributed by atoms with Gasteiger partial charge in [-0.15, -0.1) is 0 Å². The number of fused-ring (bicyclic) bond motifs is 1. The van der Waals surface area contributed by atoms with E-state index in [-0.39, 0.29) is 5.54 Å². The van der Waals surface area contributed by atoms with Crippen LogP contribution in [0.15, 0.2) is 18.2 Å². The Balaban J connectivity index is 2.01. The topological polar surface area (TPSA) is 43.8 Å². The zero-order chi connectivity index (χ0) is 14.9. The van der Waals surface area contributed by atoms with E-state index >= 15 is 0 Å². The van der Waals surface area contributed by atoms with Gasteiger partial charge in [0.1, 0.15) is 5.82 Å². The summed E-state index contributed by atoms with van der Waals surface area (Å²) in [6, 6.07) is 5.96. The lowest BCUT2D eigenvalue weighted by Gasteiger charge is -2.33. The molecule has 0 aliphatic heterocycles. The molecule has 0 unspecified atom stereocenters. The molecule has 0 spiro atoms. The van der Waals surface area contributed by atoms with Crippen molar-refractivity contribution in [2.24, 2.45) is 5.73 Å². The van der Waals surface area contributed by atoms with E-state index in [1.807, 2.05) is 18.2 Å². The van der Waals surface area contributed by atoms with Crippen LogP contribution in [-0.2, 0) is 13.0 Å². The van der Waals surface area contributed by atoms with Gasteiger partial charge in [-0.05, 0) is 31.4 Å². The van der Waals surface area contributed by atoms with Gasteiger partial charge in [-0.3, -0.25) is 0 Å². The third-order valence-electron chi connectivity index (χ3n) is 4.60. The Morgan fingerprint density at radius 2 is 2.05 bits per heavy atom. The molecule has 3 nitrogen and oxygen atoms in total. The van der Waals surface area contributed by atoms with Crippen molar-refractivity contribution in [3.05, 3.63) is 29.0 Å². The first-order chi connectivity index (χ1) is 10.1. The SMILES string of the molecule is CCCn1c(CC2(N)CCCCC2)nc2cccc(Cl)c21. The van der Waals surface area contributed by atoms with Crippen LogP contribution in [-0.4, -0.2) is 15.1 Å². The van der Waals surface area contributed by atoms with Gasteiger partial charge in [0, 0.05) is 18.5 Å². The average molecular weight is 306 g/mol. The van der Waals surface area contributed by atoms with Crippen LogP contribution in [0.4, 0.5) is 0 Å². The monoisotopic (exact) mass is 305 g/mol. The molecule has 1 aliphatic rings. The molecule has 1 saturated carbocycles. The third-order valence-corrected chi connectivity index (χ3v) is 4.91. The highest BCUT2D eigenvalue weighted by molar-refractivity contribution is 6.35. The molecule has 0 radical (unpaired) electrons. The van der Waals surface area contributed by atoms with E-state index in [1.165, 1.54) is 19.3 Å². The molecule has 114 valence electrons. The summed E-state index contributed by atoms with van der Waals surface area (Å²) < 4.78 is 2.28. The Bertz CT molecular complexity index is 626. The summed E-state index contributed by atoms with van der Waals surface area (Å²) in [4.78, 5) is 4.83. The average Bonchev–Trinajstić information content (AvgIpc) is 2.78. The zero-order valence-corrected chi connectivity index (χ0v) is 13.5. The first-order valence-electron chi connectivity index (χ1n) is 8.05. The van der Waals surface area contributed by atoms with Gasteiger partial charge < -0.3 is 10.3 Å². The van der Waals surface area contributed by atoms with Crippen molar-refractivity contribution in [2.45, 2.75) is 64.0 Å². The van der Waals surface area contributed by atoms with Gasteiger partial charge in [0.2, 0.25) is 0 Å². The van der Waals surface area contributed by atoms with Crippen molar-refractivity contribution in [3.8, 4) is 0 Å². The summed E-state index contributed by atoms with van der Waals surface area (Å²) in [5.41, 5.74) is 8.60. The summed E-state index contributed by atoms with van der Waals surface area (Å²) in [5.74, 6) is 1.10. The van der Waals surface area contributed by atoms with Crippen molar-refractivity contribution in [2.75, 3.05) is 0 Å². The van der Waals surface area contributed by atoms with Crippen molar-refractivity contribution in [1.82, 2.24) is 9.55 Å². The Morgan fingerprint density at radius 1 is 1.29 bits per heavy atom. The molecule has 21 heavy (non-hydrogen) atoms. The van der Waals surface area contributed by atoms with Gasteiger partial charge in [0.15, 0.2) is 0 Å². The molecule has 0 amide bonds. The largest absolute Gasteiger partial charge is 0.327 e. The van der Waals surface area contributed by atoms with E-state index < -0.39 is 0 Å². The van der Waals surface area contributed by atoms with E-state index in [0.717, 1.165) is 54.1 Å². The molecule has 1 aromatic heterocycles. The van der Waals surface area contributed by atoms with Gasteiger partial charge in [-0.2, -0.15) is 0 Å². The number of aromatic nitrogens is 2. The van der Waals surface area contributed by atoms with E-state index in [0.29, 0.717) is 0 Å². The minimum Gasteiger partial charge on any atom is -0.327 e. The summed E-state index contributed by atoms with van der Waals surface area (Å²) in [7, 11) is 0. The van der Waals surface area contributed by atoms with Crippen LogP contribution in [0.25, 0.3) is 11.0 Å². The molecule has 1 aromatic carbocycles. The number of nitrogens with zero attached hydrogens (tertiary/aromatic N) is 2. The fourth-order valence-corrected chi connectivity index (χ4v) is 3.81. The first-order valence-corrected chi connectivity index (χ1v) is 8.43. The maximum atomic E-state index is 6.63. The highest BCUT2D eigenvalue weighted by Gasteiger charge is 2.30. The van der Waals surface area contributed by atoms with Crippen molar-refractivity contribution < 1.29 is 0 Å². The van der Waals surface area contributed by atoms with Gasteiger partial charge in [-0.1, -0.05) is 43.9 Å². The van der Waals surface area contributed by atoms with Crippen molar-refractivity contribution in [1.29, 1.82) is 0 Å². The predicted octanol–water partition coefficient (Wildman–Crippen LogP) is 4.30. The lowest BCUT2D eigenvalue weighted by atomic mass is 9.80. The summed E-state index contributed by atoms with van der Waals surface area (Å²) in [5, 5.41) is 0.786. The molecule has 1 aliphatic carbocycles. The smallest absolute Gasteiger partial charge is 0.111 e. The molecular weight excluding hydrogens is 282 g/mol. The molecule has 3 rings (SSSR count). The number of imidazole rings is 1. The molecule has 1 heterocycles. The van der Waals surface area contributed by atoms with E-state index in [4.69, 9.17) is 22.3 Å². The number of benzene rings is 1. The van der Waals surface area contributed by atoms with Crippen LogP contribution in [0.5, 0.6) is 0 Å². The molecule has 0 atom stereocenters. The van der Waals surface area contributed by atoms with Crippen LogP contribution in [0.2, 0.25) is 5.02 Å². The molecule has 2 aromatic rings. The maximum absolute atomic E-state index is 6.63. The minimum absolute atomic E-state index is 0.0857. The van der Waals surface area contributed by atoms with Crippen LogP contribution in [0, 0.1) is 0 Å². The Morgan fingerprint density at radius 3 is 2.76 bits per heavy atom. The second kappa shape index (κ2) is 5.98. The van der Waals surface area contributed by atoms with Crippen molar-refractivity contribution >= 4 is 22.6 Å². The molecule has 0 saturated heterocycles. The van der Waals surface area contributed by atoms with Gasteiger partial charge in [0.25, 0.3) is 0 Å². The first kappa shape index (κ1) is 14.9. The fourth-order valence-electron chi connectivity index (χ4n) is 3.54. The Labute approximate surface area is 131 Å². The standard InChI is InChI=1S/C17H24ClN3/c1-2-11-21-15(12-17(19)9-4-3-5-10-17)20-14-8-6-7-13(18)16(14)21/h6-8H,2-5,9-12,19H2,1H3. The highest BCUT2D eigenvalue weighted by atomic mass is 35.5. The van der Waals surface area contributed by atoms with Crippen LogP contribution in [0.3, 0.4) is 0 Å². The lowest BCUT2D eigenvalue weighted by Crippen LogP contribution is -2.44. The quantitative estimate of drug-likeness (QED) is 0.915. The van der Waals surface area contributed by atoms with E-state index in [2.05, 4.69) is 11.5 Å².